The Bertz CT molecular complexity index is 1010. The number of H-pyrrole nitrogens is 1. The lowest BCUT2D eigenvalue weighted by Crippen LogP contribution is -2.12. The number of hydrogen-bond acceptors (Lipinski definition) is 3. The van der Waals surface area contributed by atoms with Crippen LogP contribution in [0.2, 0.25) is 0 Å². The summed E-state index contributed by atoms with van der Waals surface area (Å²) in [5.74, 6) is 1.24. The Hall–Kier alpha value is -3.60. The maximum Gasteiger partial charge on any atom is 0.255 e. The molecule has 0 bridgehead atoms. The van der Waals surface area contributed by atoms with Crippen molar-refractivity contribution in [3.05, 3.63) is 84.7 Å². The van der Waals surface area contributed by atoms with Crippen molar-refractivity contribution >= 4 is 22.6 Å². The number of aromatic amines is 1. The number of carbonyl (C=O) groups excluding carboxylic acids is 1. The average Bonchev–Trinajstić information content (AvgIpc) is 3.13. The third kappa shape index (κ3) is 3.21. The fraction of sp³-hybridized carbons (Fsp3) is 0. The van der Waals surface area contributed by atoms with E-state index in [-0.39, 0.29) is 5.91 Å². The average molecular weight is 329 g/mol. The lowest BCUT2D eigenvalue weighted by atomic mass is 10.2. The van der Waals surface area contributed by atoms with Crippen LogP contribution in [0.1, 0.15) is 10.4 Å². The van der Waals surface area contributed by atoms with Gasteiger partial charge >= 0.3 is 0 Å². The van der Waals surface area contributed by atoms with Gasteiger partial charge in [-0.2, -0.15) is 0 Å². The quantitative estimate of drug-likeness (QED) is 0.574. The summed E-state index contributed by atoms with van der Waals surface area (Å²) in [6.07, 6.45) is 1.61. The van der Waals surface area contributed by atoms with Crippen LogP contribution in [-0.2, 0) is 0 Å². The van der Waals surface area contributed by atoms with Gasteiger partial charge in [0.05, 0.1) is 17.5 Å². The third-order valence-electron chi connectivity index (χ3n) is 3.79. The summed E-state index contributed by atoms with van der Waals surface area (Å²) >= 11 is 0. The van der Waals surface area contributed by atoms with Crippen molar-refractivity contribution in [1.82, 2.24) is 9.97 Å². The highest BCUT2D eigenvalue weighted by Crippen LogP contribution is 2.23. The first kappa shape index (κ1) is 15.0. The second-order valence-electron chi connectivity index (χ2n) is 5.50. The third-order valence-corrected chi connectivity index (χ3v) is 3.79. The van der Waals surface area contributed by atoms with Gasteiger partial charge in [0.2, 0.25) is 0 Å². The molecule has 0 saturated heterocycles. The van der Waals surface area contributed by atoms with E-state index in [2.05, 4.69) is 15.3 Å². The minimum absolute atomic E-state index is 0.193. The number of ether oxygens (including phenoxy) is 1. The van der Waals surface area contributed by atoms with Gasteiger partial charge in [0.1, 0.15) is 17.0 Å². The SMILES string of the molecule is O=C(Nc1cccc2[nH]cnc12)c1ccc(Oc2ccccc2)cc1. The van der Waals surface area contributed by atoms with Crippen LogP contribution in [0.4, 0.5) is 5.69 Å². The number of imidazole rings is 1. The summed E-state index contributed by atoms with van der Waals surface area (Å²) in [6, 6.07) is 22.1. The molecule has 122 valence electrons. The topological polar surface area (TPSA) is 67.0 Å². The molecule has 1 amide bonds. The van der Waals surface area contributed by atoms with E-state index in [0.29, 0.717) is 17.0 Å². The molecule has 5 nitrogen and oxygen atoms in total. The van der Waals surface area contributed by atoms with Crippen LogP contribution in [0.15, 0.2) is 79.1 Å². The van der Waals surface area contributed by atoms with Crippen molar-refractivity contribution < 1.29 is 9.53 Å². The Kier molecular flexibility index (Phi) is 3.88. The molecule has 2 N–H and O–H groups in total. The van der Waals surface area contributed by atoms with E-state index in [1.54, 1.807) is 30.6 Å². The molecular formula is C20H15N3O2. The highest BCUT2D eigenvalue weighted by atomic mass is 16.5. The molecule has 5 heteroatoms. The standard InChI is InChI=1S/C20H15N3O2/c24-20(23-18-8-4-7-17-19(18)22-13-21-17)14-9-11-16(12-10-14)25-15-5-2-1-3-6-15/h1-13H,(H,21,22)(H,23,24). The maximum atomic E-state index is 12.5. The van der Waals surface area contributed by atoms with E-state index in [1.807, 2.05) is 48.5 Å². The molecule has 4 rings (SSSR count). The zero-order chi connectivity index (χ0) is 17.1. The Morgan fingerprint density at radius 1 is 0.880 bits per heavy atom. The summed E-state index contributed by atoms with van der Waals surface area (Å²) in [6.45, 7) is 0. The number of hydrogen-bond donors (Lipinski definition) is 2. The van der Waals surface area contributed by atoms with Gasteiger partial charge in [0, 0.05) is 5.56 Å². The molecule has 0 aliphatic heterocycles. The minimum Gasteiger partial charge on any atom is -0.457 e. The van der Waals surface area contributed by atoms with Gasteiger partial charge in [-0.15, -0.1) is 0 Å². The molecule has 0 spiro atoms. The maximum absolute atomic E-state index is 12.5. The Morgan fingerprint density at radius 3 is 2.44 bits per heavy atom. The molecule has 0 radical (unpaired) electrons. The van der Waals surface area contributed by atoms with E-state index in [0.717, 1.165) is 16.8 Å². The number of aromatic nitrogens is 2. The number of nitrogens with zero attached hydrogens (tertiary/aromatic N) is 1. The van der Waals surface area contributed by atoms with Crippen molar-refractivity contribution in [1.29, 1.82) is 0 Å². The van der Waals surface area contributed by atoms with Gasteiger partial charge in [0.25, 0.3) is 5.91 Å². The molecule has 0 unspecified atom stereocenters. The van der Waals surface area contributed by atoms with Gasteiger partial charge in [-0.3, -0.25) is 4.79 Å². The van der Waals surface area contributed by atoms with Crippen molar-refractivity contribution in [3.63, 3.8) is 0 Å². The summed E-state index contributed by atoms with van der Waals surface area (Å²) < 4.78 is 5.73. The second kappa shape index (κ2) is 6.49. The molecule has 0 atom stereocenters. The zero-order valence-corrected chi connectivity index (χ0v) is 13.3. The lowest BCUT2D eigenvalue weighted by Gasteiger charge is -2.08. The van der Waals surface area contributed by atoms with Crippen molar-refractivity contribution in [2.75, 3.05) is 5.32 Å². The number of amides is 1. The fourth-order valence-corrected chi connectivity index (χ4v) is 2.56. The Morgan fingerprint density at radius 2 is 1.64 bits per heavy atom. The zero-order valence-electron chi connectivity index (χ0n) is 13.3. The number of carbonyl (C=O) groups is 1. The van der Waals surface area contributed by atoms with Crippen LogP contribution >= 0.6 is 0 Å². The summed E-state index contributed by atoms with van der Waals surface area (Å²) in [5, 5.41) is 2.89. The molecule has 0 fully saturated rings. The van der Waals surface area contributed by atoms with Gasteiger partial charge in [-0.25, -0.2) is 4.98 Å². The van der Waals surface area contributed by atoms with E-state index in [1.165, 1.54) is 0 Å². The monoisotopic (exact) mass is 329 g/mol. The van der Waals surface area contributed by atoms with E-state index >= 15 is 0 Å². The van der Waals surface area contributed by atoms with Gasteiger partial charge in [-0.1, -0.05) is 24.3 Å². The first-order chi connectivity index (χ1) is 12.3. The molecule has 1 aromatic heterocycles. The summed E-state index contributed by atoms with van der Waals surface area (Å²) in [7, 11) is 0. The minimum atomic E-state index is -0.193. The largest absolute Gasteiger partial charge is 0.457 e. The molecule has 1 heterocycles. The first-order valence-electron chi connectivity index (χ1n) is 7.86. The van der Waals surface area contributed by atoms with Crippen LogP contribution in [0.3, 0.4) is 0 Å². The molecular weight excluding hydrogens is 314 g/mol. The van der Waals surface area contributed by atoms with Gasteiger partial charge < -0.3 is 15.0 Å². The first-order valence-corrected chi connectivity index (χ1v) is 7.86. The smallest absolute Gasteiger partial charge is 0.255 e. The molecule has 4 aromatic rings. The van der Waals surface area contributed by atoms with Gasteiger partial charge in [0.15, 0.2) is 0 Å². The van der Waals surface area contributed by atoms with E-state index in [9.17, 15) is 4.79 Å². The fourth-order valence-electron chi connectivity index (χ4n) is 2.56. The van der Waals surface area contributed by atoms with Crippen LogP contribution in [-0.4, -0.2) is 15.9 Å². The predicted octanol–water partition coefficient (Wildman–Crippen LogP) is 4.61. The van der Waals surface area contributed by atoms with Crippen molar-refractivity contribution in [2.45, 2.75) is 0 Å². The number of benzene rings is 3. The number of fused-ring (bicyclic) bond motifs is 1. The lowest BCUT2D eigenvalue weighted by molar-refractivity contribution is 0.102. The van der Waals surface area contributed by atoms with Crippen molar-refractivity contribution in [2.24, 2.45) is 0 Å². The Labute approximate surface area is 144 Å². The van der Waals surface area contributed by atoms with Crippen LogP contribution < -0.4 is 10.1 Å². The van der Waals surface area contributed by atoms with E-state index in [4.69, 9.17) is 4.74 Å². The molecule has 25 heavy (non-hydrogen) atoms. The summed E-state index contributed by atoms with van der Waals surface area (Å²) in [4.78, 5) is 19.7. The van der Waals surface area contributed by atoms with Gasteiger partial charge in [-0.05, 0) is 48.5 Å². The normalized spacial score (nSPS) is 10.6. The van der Waals surface area contributed by atoms with Crippen LogP contribution in [0, 0.1) is 0 Å². The summed E-state index contributed by atoms with van der Waals surface area (Å²) in [5.41, 5.74) is 2.84. The highest BCUT2D eigenvalue weighted by Gasteiger charge is 2.10. The second-order valence-corrected chi connectivity index (χ2v) is 5.50. The van der Waals surface area contributed by atoms with Crippen molar-refractivity contribution in [3.8, 4) is 11.5 Å². The van der Waals surface area contributed by atoms with Crippen LogP contribution in [0.25, 0.3) is 11.0 Å². The number of anilines is 1. The molecule has 3 aromatic carbocycles. The number of rotatable bonds is 4. The highest BCUT2D eigenvalue weighted by molar-refractivity contribution is 6.08. The van der Waals surface area contributed by atoms with Crippen LogP contribution in [0.5, 0.6) is 11.5 Å². The predicted molar refractivity (Wildman–Crippen MR) is 97.0 cm³/mol. The Balaban J connectivity index is 1.50. The number of nitrogens with one attached hydrogen (secondary N) is 2. The number of para-hydroxylation sites is 2. The molecule has 0 saturated carbocycles. The van der Waals surface area contributed by atoms with E-state index < -0.39 is 0 Å². The molecule has 0 aliphatic carbocycles. The molecule has 0 aliphatic rings.